The van der Waals surface area contributed by atoms with E-state index < -0.39 is 5.91 Å². The van der Waals surface area contributed by atoms with Crippen LogP contribution in [0.1, 0.15) is 36.1 Å². The maximum Gasteiger partial charge on any atom is 0.251 e. The van der Waals surface area contributed by atoms with Crippen LogP contribution in [0, 0.1) is 0 Å². The molecule has 25 heavy (non-hydrogen) atoms. The molecule has 0 aliphatic rings. The Bertz CT molecular complexity index is 745. The summed E-state index contributed by atoms with van der Waals surface area (Å²) in [7, 11) is 1.57. The summed E-state index contributed by atoms with van der Waals surface area (Å²) in [4.78, 5) is 23.3. The van der Waals surface area contributed by atoms with Crippen LogP contribution in [0.3, 0.4) is 0 Å². The van der Waals surface area contributed by atoms with Gasteiger partial charge in [-0.3, -0.25) is 9.59 Å². The van der Waals surface area contributed by atoms with Crippen LogP contribution in [-0.2, 0) is 11.3 Å². The molecule has 2 amide bonds. The lowest BCUT2D eigenvalue weighted by molar-refractivity contribution is -0.115. The molecular weight excluding hydrogens is 342 g/mol. The van der Waals surface area contributed by atoms with Gasteiger partial charge in [-0.25, -0.2) is 0 Å². The van der Waals surface area contributed by atoms with E-state index >= 15 is 0 Å². The molecule has 9 heteroatoms. The van der Waals surface area contributed by atoms with E-state index in [2.05, 4.69) is 15.5 Å². The fourth-order valence-corrected chi connectivity index (χ4v) is 3.00. The van der Waals surface area contributed by atoms with E-state index in [0.29, 0.717) is 28.8 Å². The van der Waals surface area contributed by atoms with Crippen LogP contribution in [0.4, 0.5) is 0 Å². The fourth-order valence-electron chi connectivity index (χ4n) is 2.25. The van der Waals surface area contributed by atoms with E-state index in [1.54, 1.807) is 31.4 Å². The third-order valence-electron chi connectivity index (χ3n) is 3.49. The number of nitrogens with zero attached hydrogens (tertiary/aromatic N) is 3. The standard InChI is InChI=1S/C16H21N5O3S/c1-4-21-14(19-20-16(21)25-9-13(17)22)10(2)18-15(23)11-5-7-12(24-3)8-6-11/h5-8,10H,4,9H2,1-3H3,(H2,17,22)(H,18,23)/t10-/m1/s1. The average molecular weight is 363 g/mol. The normalized spacial score (nSPS) is 11.8. The number of hydrogen-bond donors (Lipinski definition) is 2. The minimum atomic E-state index is -0.418. The summed E-state index contributed by atoms with van der Waals surface area (Å²) in [5, 5.41) is 11.7. The molecule has 8 nitrogen and oxygen atoms in total. The number of methoxy groups -OCH3 is 1. The predicted octanol–water partition coefficient (Wildman–Crippen LogP) is 1.37. The Hall–Kier alpha value is -2.55. The average Bonchev–Trinajstić information content (AvgIpc) is 3.02. The number of ether oxygens (including phenoxy) is 1. The molecule has 0 radical (unpaired) electrons. The van der Waals surface area contributed by atoms with Crippen molar-refractivity contribution in [3.63, 3.8) is 0 Å². The van der Waals surface area contributed by atoms with Gasteiger partial charge in [0.05, 0.1) is 18.9 Å². The Balaban J connectivity index is 2.10. The van der Waals surface area contributed by atoms with E-state index in [-0.39, 0.29) is 17.7 Å². The highest BCUT2D eigenvalue weighted by atomic mass is 32.2. The summed E-state index contributed by atoms with van der Waals surface area (Å²) in [5.74, 6) is 0.804. The van der Waals surface area contributed by atoms with E-state index in [0.717, 1.165) is 0 Å². The topological polar surface area (TPSA) is 112 Å². The van der Waals surface area contributed by atoms with Gasteiger partial charge in [-0.15, -0.1) is 10.2 Å². The number of benzene rings is 1. The van der Waals surface area contributed by atoms with Crippen molar-refractivity contribution in [2.45, 2.75) is 31.6 Å². The minimum absolute atomic E-state index is 0.130. The number of nitrogens with one attached hydrogen (secondary N) is 1. The van der Waals surface area contributed by atoms with E-state index in [1.807, 2.05) is 18.4 Å². The number of carbonyl (C=O) groups is 2. The van der Waals surface area contributed by atoms with Gasteiger partial charge < -0.3 is 20.4 Å². The monoisotopic (exact) mass is 363 g/mol. The SMILES string of the molecule is CCn1c(SCC(N)=O)nnc1[C@@H](C)NC(=O)c1ccc(OC)cc1. The van der Waals surface area contributed by atoms with Crippen molar-refractivity contribution in [2.75, 3.05) is 12.9 Å². The molecule has 1 aromatic carbocycles. The third kappa shape index (κ3) is 4.72. The Labute approximate surface area is 150 Å². The van der Waals surface area contributed by atoms with Crippen molar-refractivity contribution >= 4 is 23.6 Å². The van der Waals surface area contributed by atoms with Gasteiger partial charge in [-0.2, -0.15) is 0 Å². The van der Waals surface area contributed by atoms with Gasteiger partial charge in [-0.1, -0.05) is 11.8 Å². The number of hydrogen-bond acceptors (Lipinski definition) is 6. The second-order valence-electron chi connectivity index (χ2n) is 5.26. The van der Waals surface area contributed by atoms with E-state index in [9.17, 15) is 9.59 Å². The number of thioether (sulfide) groups is 1. The van der Waals surface area contributed by atoms with Crippen molar-refractivity contribution in [1.82, 2.24) is 20.1 Å². The Kier molecular flexibility index (Phi) is 6.40. The van der Waals surface area contributed by atoms with Crippen molar-refractivity contribution in [3.05, 3.63) is 35.7 Å². The second kappa shape index (κ2) is 8.52. The lowest BCUT2D eigenvalue weighted by Gasteiger charge is -2.15. The van der Waals surface area contributed by atoms with Crippen LogP contribution in [0.5, 0.6) is 5.75 Å². The lowest BCUT2D eigenvalue weighted by Crippen LogP contribution is -2.28. The molecule has 2 rings (SSSR count). The molecule has 0 saturated heterocycles. The third-order valence-corrected chi connectivity index (χ3v) is 4.48. The van der Waals surface area contributed by atoms with Gasteiger partial charge in [0, 0.05) is 12.1 Å². The molecule has 2 aromatic rings. The zero-order chi connectivity index (χ0) is 18.4. The summed E-state index contributed by atoms with van der Waals surface area (Å²) in [6.45, 7) is 4.39. The summed E-state index contributed by atoms with van der Waals surface area (Å²) in [6, 6.07) is 6.50. The zero-order valence-corrected chi connectivity index (χ0v) is 15.2. The van der Waals surface area contributed by atoms with Gasteiger partial charge >= 0.3 is 0 Å². The molecule has 3 N–H and O–H groups in total. The number of amides is 2. The molecule has 1 heterocycles. The van der Waals surface area contributed by atoms with Crippen LogP contribution in [-0.4, -0.2) is 39.4 Å². The quantitative estimate of drug-likeness (QED) is 0.685. The Morgan fingerprint density at radius 2 is 2.00 bits per heavy atom. The molecule has 0 saturated carbocycles. The predicted molar refractivity (Wildman–Crippen MR) is 94.5 cm³/mol. The van der Waals surface area contributed by atoms with E-state index in [1.165, 1.54) is 11.8 Å². The first-order chi connectivity index (χ1) is 12.0. The second-order valence-corrected chi connectivity index (χ2v) is 6.21. The molecule has 0 fully saturated rings. The molecule has 134 valence electrons. The maximum atomic E-state index is 12.4. The van der Waals surface area contributed by atoms with Crippen molar-refractivity contribution < 1.29 is 14.3 Å². The molecule has 1 atom stereocenters. The lowest BCUT2D eigenvalue weighted by atomic mass is 10.2. The first kappa shape index (κ1) is 18.8. The highest BCUT2D eigenvalue weighted by Crippen LogP contribution is 2.20. The summed E-state index contributed by atoms with van der Waals surface area (Å²) in [6.07, 6.45) is 0. The highest BCUT2D eigenvalue weighted by molar-refractivity contribution is 7.99. The van der Waals surface area contributed by atoms with Gasteiger partial charge in [-0.05, 0) is 38.1 Å². The van der Waals surface area contributed by atoms with Gasteiger partial charge in [0.25, 0.3) is 5.91 Å². The Morgan fingerprint density at radius 3 is 2.56 bits per heavy atom. The number of carbonyl (C=O) groups excluding carboxylic acids is 2. The number of nitrogens with two attached hydrogens (primary N) is 1. The fraction of sp³-hybridized carbons (Fsp3) is 0.375. The van der Waals surface area contributed by atoms with Crippen LogP contribution in [0.2, 0.25) is 0 Å². The largest absolute Gasteiger partial charge is 0.497 e. The highest BCUT2D eigenvalue weighted by Gasteiger charge is 2.20. The van der Waals surface area contributed by atoms with E-state index in [4.69, 9.17) is 10.5 Å². The first-order valence-corrected chi connectivity index (χ1v) is 8.74. The number of rotatable bonds is 8. The summed E-state index contributed by atoms with van der Waals surface area (Å²) < 4.78 is 6.94. The van der Waals surface area contributed by atoms with Gasteiger partial charge in [0.1, 0.15) is 5.75 Å². The smallest absolute Gasteiger partial charge is 0.251 e. The van der Waals surface area contributed by atoms with Crippen LogP contribution < -0.4 is 15.8 Å². The molecule has 1 aromatic heterocycles. The summed E-state index contributed by atoms with van der Waals surface area (Å²) in [5.41, 5.74) is 5.69. The Morgan fingerprint density at radius 1 is 1.32 bits per heavy atom. The molecular formula is C16H21N5O3S. The van der Waals surface area contributed by atoms with Crippen molar-refractivity contribution in [2.24, 2.45) is 5.73 Å². The molecule has 0 unspecified atom stereocenters. The van der Waals surface area contributed by atoms with Gasteiger partial charge in [0.15, 0.2) is 11.0 Å². The molecule has 0 spiro atoms. The van der Waals surface area contributed by atoms with Gasteiger partial charge in [0.2, 0.25) is 5.91 Å². The van der Waals surface area contributed by atoms with Crippen LogP contribution in [0.15, 0.2) is 29.4 Å². The molecule has 0 bridgehead atoms. The zero-order valence-electron chi connectivity index (χ0n) is 14.4. The van der Waals surface area contributed by atoms with Crippen LogP contribution >= 0.6 is 11.8 Å². The van der Waals surface area contributed by atoms with Crippen molar-refractivity contribution in [3.8, 4) is 5.75 Å². The summed E-state index contributed by atoms with van der Waals surface area (Å²) >= 11 is 1.23. The number of primary amides is 1. The molecule has 0 aliphatic carbocycles. The first-order valence-electron chi connectivity index (χ1n) is 7.75. The van der Waals surface area contributed by atoms with Crippen molar-refractivity contribution in [1.29, 1.82) is 0 Å². The molecule has 0 aliphatic heterocycles. The maximum absolute atomic E-state index is 12.4. The van der Waals surface area contributed by atoms with Crippen LogP contribution in [0.25, 0.3) is 0 Å². The number of aromatic nitrogens is 3. The minimum Gasteiger partial charge on any atom is -0.497 e.